The van der Waals surface area contributed by atoms with E-state index in [-0.39, 0.29) is 5.91 Å². The number of carbonyl (C=O) groups excluding carboxylic acids is 1. The van der Waals surface area contributed by atoms with Gasteiger partial charge in [0.05, 0.1) is 12.2 Å². The summed E-state index contributed by atoms with van der Waals surface area (Å²) in [6, 6.07) is 3.69. The summed E-state index contributed by atoms with van der Waals surface area (Å²) in [6.07, 6.45) is 4.66. The molecule has 0 radical (unpaired) electrons. The largest absolute Gasteiger partial charge is 0.350 e. The van der Waals surface area contributed by atoms with E-state index >= 15 is 0 Å². The molecule has 1 aliphatic heterocycles. The Morgan fingerprint density at radius 1 is 1.63 bits per heavy atom. The highest BCUT2D eigenvalue weighted by atomic mass is 16.1. The Bertz CT molecular complexity index is 390. The maximum atomic E-state index is 11.9. The maximum absolute atomic E-state index is 11.9. The molecule has 1 amide bonds. The molecule has 0 saturated carbocycles. The highest BCUT2D eigenvalue weighted by Crippen LogP contribution is 2.22. The van der Waals surface area contributed by atoms with E-state index in [9.17, 15) is 4.79 Å². The van der Waals surface area contributed by atoms with Crippen molar-refractivity contribution in [2.45, 2.75) is 32.7 Å². The summed E-state index contributed by atoms with van der Waals surface area (Å²) in [5.41, 5.74) is 0.794. The number of rotatable bonds is 5. The molecule has 0 aromatic carbocycles. The molecule has 2 atom stereocenters. The zero-order valence-corrected chi connectivity index (χ0v) is 11.4. The standard InChI is InChI=1S/C14H22N4O/c1-11(12-4-2-6-15-9-12)8-14(19)16-10-13-5-3-7-17-18-13/h3,5,7,11-12,15H,2,4,6,8-10H2,1H3,(H,16,19). The van der Waals surface area contributed by atoms with Crippen LogP contribution < -0.4 is 10.6 Å². The molecular weight excluding hydrogens is 240 g/mol. The molecule has 1 aliphatic rings. The van der Waals surface area contributed by atoms with Gasteiger partial charge in [-0.15, -0.1) is 0 Å². The van der Waals surface area contributed by atoms with Gasteiger partial charge in [0.2, 0.25) is 5.91 Å². The normalized spacial score (nSPS) is 20.8. The molecule has 0 bridgehead atoms. The number of carbonyl (C=O) groups is 1. The van der Waals surface area contributed by atoms with Crippen LogP contribution in [0.1, 0.15) is 31.9 Å². The molecule has 1 aromatic rings. The molecular formula is C14H22N4O. The molecule has 0 spiro atoms. The Kier molecular flexibility index (Phi) is 5.27. The van der Waals surface area contributed by atoms with Gasteiger partial charge in [0.1, 0.15) is 0 Å². The first-order valence-electron chi connectivity index (χ1n) is 6.99. The van der Waals surface area contributed by atoms with E-state index in [1.807, 2.05) is 12.1 Å². The van der Waals surface area contributed by atoms with Gasteiger partial charge in [0.15, 0.2) is 0 Å². The van der Waals surface area contributed by atoms with Crippen molar-refractivity contribution in [1.29, 1.82) is 0 Å². The topological polar surface area (TPSA) is 66.9 Å². The third-order valence-electron chi connectivity index (χ3n) is 3.74. The summed E-state index contributed by atoms with van der Waals surface area (Å²) in [7, 11) is 0. The van der Waals surface area contributed by atoms with E-state index < -0.39 is 0 Å². The first-order chi connectivity index (χ1) is 9.25. The van der Waals surface area contributed by atoms with Crippen LogP contribution in [0.25, 0.3) is 0 Å². The average molecular weight is 262 g/mol. The third-order valence-corrected chi connectivity index (χ3v) is 3.74. The van der Waals surface area contributed by atoms with E-state index in [0.717, 1.165) is 18.8 Å². The molecule has 19 heavy (non-hydrogen) atoms. The van der Waals surface area contributed by atoms with Gasteiger partial charge in [-0.05, 0) is 49.9 Å². The van der Waals surface area contributed by atoms with Crippen LogP contribution in [0.3, 0.4) is 0 Å². The molecule has 1 saturated heterocycles. The molecule has 1 aromatic heterocycles. The van der Waals surface area contributed by atoms with Crippen molar-refractivity contribution in [2.75, 3.05) is 13.1 Å². The quantitative estimate of drug-likeness (QED) is 0.834. The van der Waals surface area contributed by atoms with Crippen molar-refractivity contribution in [3.8, 4) is 0 Å². The predicted molar refractivity (Wildman–Crippen MR) is 73.3 cm³/mol. The molecule has 2 heterocycles. The van der Waals surface area contributed by atoms with Crippen molar-refractivity contribution in [3.05, 3.63) is 24.0 Å². The first-order valence-corrected chi connectivity index (χ1v) is 6.99. The van der Waals surface area contributed by atoms with Gasteiger partial charge < -0.3 is 10.6 Å². The molecule has 2 unspecified atom stereocenters. The number of hydrogen-bond donors (Lipinski definition) is 2. The van der Waals surface area contributed by atoms with Gasteiger partial charge in [-0.1, -0.05) is 6.92 Å². The summed E-state index contributed by atoms with van der Waals surface area (Å²) >= 11 is 0. The summed E-state index contributed by atoms with van der Waals surface area (Å²) in [5.74, 6) is 1.15. The van der Waals surface area contributed by atoms with Crippen molar-refractivity contribution < 1.29 is 4.79 Å². The van der Waals surface area contributed by atoms with Crippen molar-refractivity contribution in [1.82, 2.24) is 20.8 Å². The zero-order chi connectivity index (χ0) is 13.5. The molecule has 2 N–H and O–H groups in total. The van der Waals surface area contributed by atoms with Gasteiger partial charge in [-0.25, -0.2) is 0 Å². The number of nitrogens with zero attached hydrogens (tertiary/aromatic N) is 2. The SMILES string of the molecule is CC(CC(=O)NCc1cccnn1)C1CCCNC1. The Labute approximate surface area is 114 Å². The number of amides is 1. The van der Waals surface area contributed by atoms with Crippen LogP contribution in [0.5, 0.6) is 0 Å². The molecule has 5 heteroatoms. The number of aromatic nitrogens is 2. The minimum absolute atomic E-state index is 0.101. The lowest BCUT2D eigenvalue weighted by atomic mass is 9.85. The van der Waals surface area contributed by atoms with E-state index in [1.54, 1.807) is 6.20 Å². The second-order valence-electron chi connectivity index (χ2n) is 5.28. The van der Waals surface area contributed by atoms with Gasteiger partial charge in [-0.3, -0.25) is 4.79 Å². The Morgan fingerprint density at radius 2 is 2.53 bits per heavy atom. The lowest BCUT2D eigenvalue weighted by Crippen LogP contribution is -2.35. The molecule has 5 nitrogen and oxygen atoms in total. The first kappa shape index (κ1) is 13.9. The summed E-state index contributed by atoms with van der Waals surface area (Å²) in [5, 5.41) is 14.0. The van der Waals surface area contributed by atoms with Gasteiger partial charge >= 0.3 is 0 Å². The van der Waals surface area contributed by atoms with E-state index in [0.29, 0.717) is 24.8 Å². The maximum Gasteiger partial charge on any atom is 0.220 e. The van der Waals surface area contributed by atoms with Gasteiger partial charge in [0, 0.05) is 12.6 Å². The minimum Gasteiger partial charge on any atom is -0.350 e. The Morgan fingerprint density at radius 3 is 3.21 bits per heavy atom. The molecule has 0 aliphatic carbocycles. The smallest absolute Gasteiger partial charge is 0.220 e. The number of nitrogens with one attached hydrogen (secondary N) is 2. The molecule has 2 rings (SSSR count). The van der Waals surface area contributed by atoms with Crippen LogP contribution in [-0.4, -0.2) is 29.2 Å². The van der Waals surface area contributed by atoms with Crippen LogP contribution in [-0.2, 0) is 11.3 Å². The fraction of sp³-hybridized carbons (Fsp3) is 0.643. The highest BCUT2D eigenvalue weighted by molar-refractivity contribution is 5.76. The Hall–Kier alpha value is -1.49. The van der Waals surface area contributed by atoms with Crippen LogP contribution in [0.4, 0.5) is 0 Å². The second-order valence-corrected chi connectivity index (χ2v) is 5.28. The second kappa shape index (κ2) is 7.19. The van der Waals surface area contributed by atoms with E-state index in [4.69, 9.17) is 0 Å². The third kappa shape index (κ3) is 4.59. The fourth-order valence-corrected chi connectivity index (χ4v) is 2.51. The van der Waals surface area contributed by atoms with Gasteiger partial charge in [-0.2, -0.15) is 10.2 Å². The van der Waals surface area contributed by atoms with Crippen LogP contribution >= 0.6 is 0 Å². The van der Waals surface area contributed by atoms with Crippen molar-refractivity contribution in [2.24, 2.45) is 11.8 Å². The lowest BCUT2D eigenvalue weighted by Gasteiger charge is -2.27. The minimum atomic E-state index is 0.101. The van der Waals surface area contributed by atoms with Crippen LogP contribution in [0, 0.1) is 11.8 Å². The van der Waals surface area contributed by atoms with E-state index in [2.05, 4.69) is 27.8 Å². The summed E-state index contributed by atoms with van der Waals surface area (Å²) < 4.78 is 0. The van der Waals surface area contributed by atoms with E-state index in [1.165, 1.54) is 12.8 Å². The van der Waals surface area contributed by atoms with Crippen LogP contribution in [0.2, 0.25) is 0 Å². The predicted octanol–water partition coefficient (Wildman–Crippen LogP) is 1.12. The van der Waals surface area contributed by atoms with Gasteiger partial charge in [0.25, 0.3) is 0 Å². The number of hydrogen-bond acceptors (Lipinski definition) is 4. The lowest BCUT2D eigenvalue weighted by molar-refractivity contribution is -0.122. The van der Waals surface area contributed by atoms with Crippen molar-refractivity contribution >= 4 is 5.91 Å². The number of piperidine rings is 1. The molecule has 1 fully saturated rings. The molecule has 104 valence electrons. The van der Waals surface area contributed by atoms with Crippen LogP contribution in [0.15, 0.2) is 18.3 Å². The fourth-order valence-electron chi connectivity index (χ4n) is 2.51. The average Bonchev–Trinajstić information content (AvgIpc) is 2.47. The zero-order valence-electron chi connectivity index (χ0n) is 11.4. The monoisotopic (exact) mass is 262 g/mol. The highest BCUT2D eigenvalue weighted by Gasteiger charge is 2.21. The summed E-state index contributed by atoms with van der Waals surface area (Å²) in [4.78, 5) is 11.9. The Balaban J connectivity index is 1.71. The summed E-state index contributed by atoms with van der Waals surface area (Å²) in [6.45, 7) is 4.78. The van der Waals surface area contributed by atoms with Crippen molar-refractivity contribution in [3.63, 3.8) is 0 Å².